The Morgan fingerprint density at radius 2 is 0.516 bits per heavy atom. The van der Waals surface area contributed by atoms with Crippen molar-refractivity contribution in [2.75, 3.05) is 39.6 Å². The van der Waals surface area contributed by atoms with Gasteiger partial charge in [0.05, 0.1) is 26.4 Å². The molecule has 7 atom stereocenters. The summed E-state index contributed by atoms with van der Waals surface area (Å²) in [7, 11) is -9.90. The van der Waals surface area contributed by atoms with E-state index in [9.17, 15) is 43.2 Å². The van der Waals surface area contributed by atoms with Crippen molar-refractivity contribution in [1.29, 1.82) is 0 Å². The summed E-state index contributed by atoms with van der Waals surface area (Å²) < 4.78 is 68.4. The van der Waals surface area contributed by atoms with E-state index < -0.39 is 97.5 Å². The number of aliphatic hydroxyl groups is 1. The van der Waals surface area contributed by atoms with E-state index in [0.29, 0.717) is 25.7 Å². The van der Waals surface area contributed by atoms with Crippen molar-refractivity contribution in [2.24, 2.45) is 11.8 Å². The van der Waals surface area contributed by atoms with E-state index in [4.69, 9.17) is 37.0 Å². The minimum Gasteiger partial charge on any atom is -0.462 e. The Morgan fingerprint density at radius 1 is 0.301 bits per heavy atom. The van der Waals surface area contributed by atoms with Crippen LogP contribution in [-0.2, 0) is 65.4 Å². The molecular weight excluding hydrogens is 1220 g/mol. The molecule has 4 unspecified atom stereocenters. The lowest BCUT2D eigenvalue weighted by atomic mass is 9.99. The molecule has 0 aliphatic heterocycles. The Hall–Kier alpha value is -1.94. The third-order valence-corrected chi connectivity index (χ3v) is 19.8. The number of hydrogen-bond donors (Lipinski definition) is 3. The van der Waals surface area contributed by atoms with Gasteiger partial charge in [0.15, 0.2) is 12.2 Å². The van der Waals surface area contributed by atoms with Gasteiger partial charge in [-0.05, 0) is 37.5 Å². The Bertz CT molecular complexity index is 1810. The van der Waals surface area contributed by atoms with E-state index >= 15 is 0 Å². The smallest absolute Gasteiger partial charge is 0.462 e. The monoisotopic (exact) mass is 1370 g/mol. The second-order valence-corrected chi connectivity index (χ2v) is 30.1. The molecule has 552 valence electrons. The highest BCUT2D eigenvalue weighted by Crippen LogP contribution is 2.45. The van der Waals surface area contributed by atoms with Gasteiger partial charge in [0.1, 0.15) is 19.3 Å². The molecular formula is C74H144O17P2. The molecule has 0 fully saturated rings. The fourth-order valence-electron chi connectivity index (χ4n) is 11.2. The number of hydrogen-bond acceptors (Lipinski definition) is 15. The fraction of sp³-hybridized carbons (Fsp3) is 0.946. The Kier molecular flexibility index (Phi) is 64.6. The first-order chi connectivity index (χ1) is 44.9. The van der Waals surface area contributed by atoms with Gasteiger partial charge in [-0.3, -0.25) is 37.3 Å². The van der Waals surface area contributed by atoms with Crippen LogP contribution < -0.4 is 0 Å². The molecule has 0 rings (SSSR count). The minimum absolute atomic E-state index is 0.105. The summed E-state index contributed by atoms with van der Waals surface area (Å²) in [6.07, 6.45) is 52.8. The number of esters is 4. The lowest BCUT2D eigenvalue weighted by Gasteiger charge is -2.21. The number of unbranched alkanes of at least 4 members (excludes halogenated alkanes) is 41. The number of phosphoric acid groups is 2. The summed E-state index contributed by atoms with van der Waals surface area (Å²) in [5.74, 6) is -0.577. The summed E-state index contributed by atoms with van der Waals surface area (Å²) in [5, 5.41) is 10.6. The van der Waals surface area contributed by atoms with Gasteiger partial charge in [0, 0.05) is 25.7 Å². The molecule has 93 heavy (non-hydrogen) atoms. The van der Waals surface area contributed by atoms with Crippen molar-refractivity contribution in [3.05, 3.63) is 0 Å². The predicted molar refractivity (Wildman–Crippen MR) is 377 cm³/mol. The maximum absolute atomic E-state index is 13.1. The quantitative estimate of drug-likeness (QED) is 0.0222. The number of carbonyl (C=O) groups is 4. The molecule has 0 spiro atoms. The van der Waals surface area contributed by atoms with Crippen LogP contribution in [0, 0.1) is 11.8 Å². The Balaban J connectivity index is 5.17. The van der Waals surface area contributed by atoms with Crippen molar-refractivity contribution in [3.8, 4) is 0 Å². The van der Waals surface area contributed by atoms with Crippen molar-refractivity contribution in [1.82, 2.24) is 0 Å². The highest BCUT2D eigenvalue weighted by Gasteiger charge is 2.30. The molecule has 0 aliphatic carbocycles. The maximum atomic E-state index is 13.1. The van der Waals surface area contributed by atoms with Crippen molar-refractivity contribution < 1.29 is 80.2 Å². The van der Waals surface area contributed by atoms with Crippen LogP contribution in [0.3, 0.4) is 0 Å². The van der Waals surface area contributed by atoms with Crippen LogP contribution in [0.2, 0.25) is 0 Å². The molecule has 0 saturated heterocycles. The second-order valence-electron chi connectivity index (χ2n) is 27.2. The molecule has 0 aromatic carbocycles. The molecule has 0 bridgehead atoms. The van der Waals surface area contributed by atoms with Gasteiger partial charge in [0.25, 0.3) is 0 Å². The zero-order valence-corrected chi connectivity index (χ0v) is 62.3. The summed E-state index contributed by atoms with van der Waals surface area (Å²) in [4.78, 5) is 72.6. The van der Waals surface area contributed by atoms with Crippen LogP contribution in [0.1, 0.15) is 382 Å². The number of ether oxygens (including phenoxy) is 4. The average Bonchev–Trinajstić information content (AvgIpc) is 3.36. The predicted octanol–water partition coefficient (Wildman–Crippen LogP) is 21.6. The summed E-state index contributed by atoms with van der Waals surface area (Å²) >= 11 is 0. The molecule has 0 aliphatic rings. The van der Waals surface area contributed by atoms with Gasteiger partial charge in [-0.25, -0.2) is 9.13 Å². The van der Waals surface area contributed by atoms with Crippen LogP contribution >= 0.6 is 15.6 Å². The van der Waals surface area contributed by atoms with Crippen molar-refractivity contribution in [3.63, 3.8) is 0 Å². The number of rotatable bonds is 73. The maximum Gasteiger partial charge on any atom is 0.472 e. The van der Waals surface area contributed by atoms with Gasteiger partial charge in [-0.15, -0.1) is 0 Å². The first kappa shape index (κ1) is 91.1. The van der Waals surface area contributed by atoms with E-state index in [-0.39, 0.29) is 25.7 Å². The van der Waals surface area contributed by atoms with E-state index in [0.717, 1.165) is 108 Å². The van der Waals surface area contributed by atoms with E-state index in [1.807, 2.05) is 0 Å². The van der Waals surface area contributed by atoms with Crippen LogP contribution in [0.5, 0.6) is 0 Å². The van der Waals surface area contributed by atoms with Gasteiger partial charge in [0.2, 0.25) is 0 Å². The average molecular weight is 1370 g/mol. The highest BCUT2D eigenvalue weighted by atomic mass is 31.2. The van der Waals surface area contributed by atoms with Crippen molar-refractivity contribution >= 4 is 39.5 Å². The SMILES string of the molecule is CCCCCCCCCCCCCCCCCCCCCCCC(=O)O[C@H](COC(=O)CCCCCCCCCCC(C)CC)COP(=O)(O)OC[C@@H](O)COP(=O)(O)OC[C@@H](COC(=O)CCCCCCCCCC)OC(=O)CCCCCCCCCCC(C)CC. The molecule has 0 heterocycles. The molecule has 19 heteroatoms. The van der Waals surface area contributed by atoms with E-state index in [1.54, 1.807) is 0 Å². The van der Waals surface area contributed by atoms with Gasteiger partial charge in [-0.1, -0.05) is 330 Å². The standard InChI is InChI=1S/C74H144O17P2/c1-7-11-13-15-17-19-20-21-22-23-24-25-26-27-28-29-30-31-40-46-52-58-73(78)90-70(63-85-72(77)57-51-45-39-34-32-36-42-48-54-66(5)9-3)65-89-93(82,83)87-61-68(75)60-86-92(80,81)88-64-69(62-84-71(76)56-50-44-38-18-16-14-12-8-2)91-74(79)59-53-47-41-35-33-37-43-49-55-67(6)10-4/h66-70,75H,7-65H2,1-6H3,(H,80,81)(H,82,83)/t66?,67?,68-,69+,70+/m0/s1. The minimum atomic E-state index is -4.95. The molecule has 0 radical (unpaired) electrons. The zero-order chi connectivity index (χ0) is 68.6. The van der Waals surface area contributed by atoms with Gasteiger partial charge >= 0.3 is 39.5 Å². The number of aliphatic hydroxyl groups excluding tert-OH is 1. The highest BCUT2D eigenvalue weighted by molar-refractivity contribution is 7.47. The van der Waals surface area contributed by atoms with Gasteiger partial charge < -0.3 is 33.8 Å². The molecule has 0 amide bonds. The number of carbonyl (C=O) groups excluding carboxylic acids is 4. The third kappa shape index (κ3) is 65.8. The Labute approximate surface area is 568 Å². The van der Waals surface area contributed by atoms with Crippen molar-refractivity contribution in [2.45, 2.75) is 400 Å². The fourth-order valence-corrected chi connectivity index (χ4v) is 12.8. The Morgan fingerprint density at radius 3 is 0.763 bits per heavy atom. The lowest BCUT2D eigenvalue weighted by molar-refractivity contribution is -0.161. The normalized spacial score (nSPS) is 14.6. The van der Waals surface area contributed by atoms with E-state index in [2.05, 4.69) is 41.5 Å². The van der Waals surface area contributed by atoms with E-state index in [1.165, 1.54) is 193 Å². The lowest BCUT2D eigenvalue weighted by Crippen LogP contribution is -2.30. The first-order valence-electron chi connectivity index (χ1n) is 38.6. The van der Waals surface area contributed by atoms with Gasteiger partial charge in [-0.2, -0.15) is 0 Å². The topological polar surface area (TPSA) is 237 Å². The summed E-state index contributed by atoms with van der Waals surface area (Å²) in [6, 6.07) is 0. The first-order valence-corrected chi connectivity index (χ1v) is 41.6. The molecule has 0 aromatic heterocycles. The molecule has 3 N–H and O–H groups in total. The van der Waals surface area contributed by atoms with Crippen LogP contribution in [0.15, 0.2) is 0 Å². The summed E-state index contributed by atoms with van der Waals surface area (Å²) in [5.41, 5.74) is 0. The second kappa shape index (κ2) is 66.0. The zero-order valence-electron chi connectivity index (χ0n) is 60.6. The van der Waals surface area contributed by atoms with Crippen LogP contribution in [0.25, 0.3) is 0 Å². The molecule has 17 nitrogen and oxygen atoms in total. The number of phosphoric ester groups is 2. The third-order valence-electron chi connectivity index (χ3n) is 17.9. The van der Waals surface area contributed by atoms with Crippen LogP contribution in [-0.4, -0.2) is 96.7 Å². The molecule has 0 aromatic rings. The van der Waals surface area contributed by atoms with Crippen LogP contribution in [0.4, 0.5) is 0 Å². The summed E-state index contributed by atoms with van der Waals surface area (Å²) in [6.45, 7) is 9.54. The molecule has 0 saturated carbocycles. The largest absolute Gasteiger partial charge is 0.472 e.